The van der Waals surface area contributed by atoms with E-state index >= 15 is 0 Å². The number of rotatable bonds is 9. The van der Waals surface area contributed by atoms with Gasteiger partial charge in [0.05, 0.1) is 7.11 Å². The van der Waals surface area contributed by atoms with Gasteiger partial charge in [0, 0.05) is 23.4 Å². The van der Waals surface area contributed by atoms with Gasteiger partial charge in [0.15, 0.2) is 16.7 Å². The molecule has 0 aliphatic carbocycles. The van der Waals surface area contributed by atoms with Crippen LogP contribution < -0.4 is 20.3 Å². The quantitative estimate of drug-likeness (QED) is 0.352. The van der Waals surface area contributed by atoms with Crippen molar-refractivity contribution in [2.75, 3.05) is 12.4 Å². The van der Waals surface area contributed by atoms with Crippen LogP contribution in [-0.4, -0.2) is 28.7 Å². The number of aryl methyl sites for hydroxylation is 1. The zero-order valence-electron chi connectivity index (χ0n) is 17.4. The van der Waals surface area contributed by atoms with Gasteiger partial charge in [0.1, 0.15) is 5.75 Å². The maximum atomic E-state index is 12.4. The molecular weight excluding hydrogens is 440 g/mol. The van der Waals surface area contributed by atoms with Crippen molar-refractivity contribution in [3.8, 4) is 17.2 Å². The molecule has 10 heteroatoms. The van der Waals surface area contributed by atoms with E-state index in [1.165, 1.54) is 0 Å². The SMILES string of the molecule is COc1ccccc1Oc1ccc(NC(=O)CCc2c(C)nc(SC(F)F)[nH]c2=O)cc1. The fourth-order valence-electron chi connectivity index (χ4n) is 2.92. The maximum Gasteiger partial charge on any atom is 0.291 e. The van der Waals surface area contributed by atoms with Gasteiger partial charge in [-0.3, -0.25) is 9.59 Å². The Morgan fingerprint density at radius 1 is 1.16 bits per heavy atom. The van der Waals surface area contributed by atoms with Crippen LogP contribution in [0, 0.1) is 6.92 Å². The molecule has 0 atom stereocenters. The fourth-order valence-corrected chi connectivity index (χ4v) is 3.43. The lowest BCUT2D eigenvalue weighted by molar-refractivity contribution is -0.116. The molecule has 1 heterocycles. The van der Waals surface area contributed by atoms with E-state index in [9.17, 15) is 18.4 Å². The second kappa shape index (κ2) is 10.8. The number of methoxy groups -OCH3 is 1. The second-order valence-electron chi connectivity index (χ2n) is 6.64. The maximum absolute atomic E-state index is 12.4. The highest BCUT2D eigenvalue weighted by molar-refractivity contribution is 7.99. The summed E-state index contributed by atoms with van der Waals surface area (Å²) in [5.41, 5.74) is 0.656. The number of hydrogen-bond acceptors (Lipinski definition) is 6. The Hall–Kier alpha value is -3.40. The number of alkyl halides is 2. The molecule has 1 amide bonds. The number of hydrogen-bond donors (Lipinski definition) is 2. The highest BCUT2D eigenvalue weighted by atomic mass is 32.2. The summed E-state index contributed by atoms with van der Waals surface area (Å²) >= 11 is 0.169. The Balaban J connectivity index is 1.57. The second-order valence-corrected chi connectivity index (χ2v) is 7.62. The van der Waals surface area contributed by atoms with Gasteiger partial charge in [-0.1, -0.05) is 12.1 Å². The van der Waals surface area contributed by atoms with Crippen molar-refractivity contribution in [3.63, 3.8) is 0 Å². The van der Waals surface area contributed by atoms with E-state index in [-0.39, 0.29) is 35.7 Å². The molecule has 0 spiro atoms. The molecule has 0 saturated heterocycles. The first kappa shape index (κ1) is 23.3. The predicted octanol–water partition coefficient (Wildman–Crippen LogP) is 4.77. The number of aromatic amines is 1. The van der Waals surface area contributed by atoms with Crippen LogP contribution in [0.2, 0.25) is 0 Å². The zero-order valence-corrected chi connectivity index (χ0v) is 18.2. The number of anilines is 1. The molecule has 0 saturated carbocycles. The van der Waals surface area contributed by atoms with Crippen LogP contribution in [-0.2, 0) is 11.2 Å². The van der Waals surface area contributed by atoms with Crippen molar-refractivity contribution in [1.29, 1.82) is 0 Å². The number of benzene rings is 2. The van der Waals surface area contributed by atoms with E-state index < -0.39 is 11.3 Å². The van der Waals surface area contributed by atoms with Gasteiger partial charge in [0.25, 0.3) is 11.3 Å². The molecular formula is C22H21F2N3O4S. The first-order valence-corrected chi connectivity index (χ1v) is 10.5. The average Bonchev–Trinajstić information content (AvgIpc) is 2.74. The summed E-state index contributed by atoms with van der Waals surface area (Å²) < 4.78 is 35.9. The zero-order chi connectivity index (χ0) is 23.1. The Morgan fingerprint density at radius 2 is 1.84 bits per heavy atom. The number of nitrogens with zero attached hydrogens (tertiary/aromatic N) is 1. The summed E-state index contributed by atoms with van der Waals surface area (Å²) in [6.45, 7) is 1.55. The minimum Gasteiger partial charge on any atom is -0.493 e. The molecule has 2 N–H and O–H groups in total. The predicted molar refractivity (Wildman–Crippen MR) is 118 cm³/mol. The van der Waals surface area contributed by atoms with Crippen molar-refractivity contribution >= 4 is 23.4 Å². The van der Waals surface area contributed by atoms with Crippen LogP contribution in [0.3, 0.4) is 0 Å². The summed E-state index contributed by atoms with van der Waals surface area (Å²) in [5.74, 6) is -1.24. The van der Waals surface area contributed by atoms with E-state index in [0.29, 0.717) is 34.2 Å². The van der Waals surface area contributed by atoms with Gasteiger partial charge in [-0.2, -0.15) is 8.78 Å². The van der Waals surface area contributed by atoms with Crippen molar-refractivity contribution in [1.82, 2.24) is 9.97 Å². The number of H-pyrrole nitrogens is 1. The molecule has 7 nitrogen and oxygen atoms in total. The summed E-state index contributed by atoms with van der Waals surface area (Å²) in [5, 5.41) is 2.60. The van der Waals surface area contributed by atoms with Crippen LogP contribution in [0.25, 0.3) is 0 Å². The molecule has 0 unspecified atom stereocenters. The lowest BCUT2D eigenvalue weighted by Crippen LogP contribution is -2.20. The summed E-state index contributed by atoms with van der Waals surface area (Å²) in [6, 6.07) is 14.0. The van der Waals surface area contributed by atoms with Crippen molar-refractivity contribution in [3.05, 3.63) is 70.1 Å². The van der Waals surface area contributed by atoms with E-state index in [4.69, 9.17) is 9.47 Å². The fraction of sp³-hybridized carbons (Fsp3) is 0.227. The van der Waals surface area contributed by atoms with Crippen molar-refractivity contribution in [2.45, 2.75) is 30.7 Å². The average molecular weight is 461 g/mol. The number of amides is 1. The number of nitrogens with one attached hydrogen (secondary N) is 2. The highest BCUT2D eigenvalue weighted by Gasteiger charge is 2.14. The summed E-state index contributed by atoms with van der Waals surface area (Å²) in [4.78, 5) is 30.7. The van der Waals surface area contributed by atoms with Crippen LogP contribution in [0.4, 0.5) is 14.5 Å². The van der Waals surface area contributed by atoms with E-state index in [0.717, 1.165) is 0 Å². The van der Waals surface area contributed by atoms with Gasteiger partial charge in [-0.05, 0) is 61.5 Å². The Bertz CT molecular complexity index is 1140. The lowest BCUT2D eigenvalue weighted by atomic mass is 10.1. The third kappa shape index (κ3) is 6.30. The van der Waals surface area contributed by atoms with Gasteiger partial charge >= 0.3 is 0 Å². The van der Waals surface area contributed by atoms with Crippen LogP contribution in [0.1, 0.15) is 17.7 Å². The van der Waals surface area contributed by atoms with E-state index in [2.05, 4.69) is 15.3 Å². The molecule has 0 aliphatic rings. The van der Waals surface area contributed by atoms with Crippen LogP contribution in [0.15, 0.2) is 58.5 Å². The standard InChI is InChI=1S/C22H21F2N3O4S/c1-13-16(20(29)27-22(25-13)32-21(23)24)11-12-19(28)26-14-7-9-15(10-8-14)31-18-6-4-3-5-17(18)30-2/h3-10,21H,11-12H2,1-2H3,(H,26,28)(H,25,27,29). The van der Waals surface area contributed by atoms with Crippen LogP contribution in [0.5, 0.6) is 17.2 Å². The lowest BCUT2D eigenvalue weighted by Gasteiger charge is -2.11. The highest BCUT2D eigenvalue weighted by Crippen LogP contribution is 2.31. The number of aromatic nitrogens is 2. The van der Waals surface area contributed by atoms with E-state index in [1.54, 1.807) is 50.4 Å². The molecule has 32 heavy (non-hydrogen) atoms. The number of halogens is 2. The number of carbonyl (C=O) groups excluding carboxylic acids is 1. The monoisotopic (exact) mass is 461 g/mol. The first-order chi connectivity index (χ1) is 15.4. The van der Waals surface area contributed by atoms with Gasteiger partial charge < -0.3 is 19.8 Å². The molecule has 0 fully saturated rings. The molecule has 0 radical (unpaired) electrons. The van der Waals surface area contributed by atoms with Gasteiger partial charge in [-0.25, -0.2) is 4.98 Å². The Morgan fingerprint density at radius 3 is 2.47 bits per heavy atom. The minimum absolute atomic E-state index is 0.0341. The first-order valence-electron chi connectivity index (χ1n) is 9.61. The molecule has 2 aromatic carbocycles. The van der Waals surface area contributed by atoms with E-state index in [1.807, 2.05) is 12.1 Å². The molecule has 3 aromatic rings. The third-order valence-electron chi connectivity index (χ3n) is 4.44. The number of para-hydroxylation sites is 2. The number of carbonyl (C=O) groups is 1. The smallest absolute Gasteiger partial charge is 0.291 e. The van der Waals surface area contributed by atoms with Crippen molar-refractivity contribution in [2.24, 2.45) is 0 Å². The minimum atomic E-state index is -2.68. The molecule has 0 bridgehead atoms. The van der Waals surface area contributed by atoms with Crippen molar-refractivity contribution < 1.29 is 23.0 Å². The summed E-state index contributed by atoms with van der Waals surface area (Å²) in [6.07, 6.45) is 0.168. The Kier molecular flexibility index (Phi) is 7.82. The van der Waals surface area contributed by atoms with Gasteiger partial charge in [-0.15, -0.1) is 0 Å². The largest absolute Gasteiger partial charge is 0.493 e. The number of thioether (sulfide) groups is 1. The third-order valence-corrected chi connectivity index (χ3v) is 5.03. The molecule has 168 valence electrons. The number of ether oxygens (including phenoxy) is 2. The van der Waals surface area contributed by atoms with Gasteiger partial charge in [0.2, 0.25) is 5.91 Å². The molecule has 3 rings (SSSR count). The molecule has 0 aliphatic heterocycles. The molecule has 1 aromatic heterocycles. The Labute approximate surface area is 187 Å². The van der Waals surface area contributed by atoms with Crippen LogP contribution >= 0.6 is 11.8 Å². The topological polar surface area (TPSA) is 93.3 Å². The normalized spacial score (nSPS) is 10.8. The summed E-state index contributed by atoms with van der Waals surface area (Å²) in [7, 11) is 1.56.